The van der Waals surface area contributed by atoms with E-state index in [0.29, 0.717) is 42.8 Å². The third kappa shape index (κ3) is 5.48. The largest absolute Gasteiger partial charge is 0.485 e. The van der Waals surface area contributed by atoms with Gasteiger partial charge >= 0.3 is 0 Å². The number of β-amino-alcohol motifs (C(OH)–C–C–N with tert-alkyl or cyclic N) is 1. The van der Waals surface area contributed by atoms with E-state index in [2.05, 4.69) is 46.2 Å². The van der Waals surface area contributed by atoms with E-state index >= 15 is 0 Å². The summed E-state index contributed by atoms with van der Waals surface area (Å²) in [4.78, 5) is 20.3. The van der Waals surface area contributed by atoms with E-state index in [4.69, 9.17) is 9.47 Å². The van der Waals surface area contributed by atoms with Gasteiger partial charge in [-0.1, -0.05) is 30.3 Å². The molecule has 4 aliphatic heterocycles. The number of ether oxygens (including phenoxy) is 2. The minimum Gasteiger partial charge on any atom is -0.485 e. The van der Waals surface area contributed by atoms with Crippen molar-refractivity contribution in [1.82, 2.24) is 14.7 Å². The highest BCUT2D eigenvalue weighted by molar-refractivity contribution is 5.97. The second-order valence-electron chi connectivity index (χ2n) is 12.6. The average Bonchev–Trinajstić information content (AvgIpc) is 3.27. The van der Waals surface area contributed by atoms with Crippen LogP contribution in [0.3, 0.4) is 0 Å². The van der Waals surface area contributed by atoms with Crippen LogP contribution in [0.1, 0.15) is 53.7 Å². The van der Waals surface area contributed by atoms with Crippen molar-refractivity contribution < 1.29 is 19.4 Å². The van der Waals surface area contributed by atoms with E-state index in [1.165, 1.54) is 23.1 Å². The van der Waals surface area contributed by atoms with Crippen LogP contribution in [0.15, 0.2) is 42.5 Å². The first-order chi connectivity index (χ1) is 18.3. The lowest BCUT2D eigenvalue weighted by Gasteiger charge is -2.37. The summed E-state index contributed by atoms with van der Waals surface area (Å²) < 4.78 is 11.9. The number of hydrogen-bond acceptors (Lipinski definition) is 6. The SMILES string of the molecule is CC1(C)CN(CC[C@H](O)CN2CCc3ccccc3C2)C(=O)c2ccc(CN3CCC4(COC4)C3)cc2O1. The van der Waals surface area contributed by atoms with Crippen molar-refractivity contribution in [3.8, 4) is 5.75 Å². The molecule has 2 saturated heterocycles. The molecule has 7 heteroatoms. The summed E-state index contributed by atoms with van der Waals surface area (Å²) in [6, 6.07) is 14.6. The first-order valence-corrected chi connectivity index (χ1v) is 14.2. The van der Waals surface area contributed by atoms with Gasteiger partial charge in [-0.25, -0.2) is 0 Å². The highest BCUT2D eigenvalue weighted by Gasteiger charge is 2.44. The molecule has 1 spiro atoms. The molecule has 0 aliphatic carbocycles. The lowest BCUT2D eigenvalue weighted by Crippen LogP contribution is -2.44. The van der Waals surface area contributed by atoms with E-state index < -0.39 is 11.7 Å². The van der Waals surface area contributed by atoms with Crippen LogP contribution >= 0.6 is 0 Å². The minimum absolute atomic E-state index is 0.0111. The van der Waals surface area contributed by atoms with Gasteiger partial charge in [0.2, 0.25) is 0 Å². The fourth-order valence-electron chi connectivity index (χ4n) is 6.59. The highest BCUT2D eigenvalue weighted by atomic mass is 16.5. The monoisotopic (exact) mass is 519 g/mol. The van der Waals surface area contributed by atoms with Gasteiger partial charge in [0.1, 0.15) is 11.4 Å². The number of nitrogens with zero attached hydrogens (tertiary/aromatic N) is 3. The zero-order chi connectivity index (χ0) is 26.3. The van der Waals surface area contributed by atoms with Crippen LogP contribution in [0.2, 0.25) is 0 Å². The number of rotatable bonds is 7. The number of likely N-dealkylation sites (tertiary alicyclic amines) is 1. The Labute approximate surface area is 226 Å². The van der Waals surface area contributed by atoms with E-state index in [1.807, 2.05) is 24.8 Å². The second-order valence-corrected chi connectivity index (χ2v) is 12.6. The van der Waals surface area contributed by atoms with Gasteiger partial charge in [-0.15, -0.1) is 0 Å². The number of fused-ring (bicyclic) bond motifs is 2. The second kappa shape index (κ2) is 10.3. The summed E-state index contributed by atoms with van der Waals surface area (Å²) in [6.07, 6.45) is 2.29. The molecule has 0 saturated carbocycles. The quantitative estimate of drug-likeness (QED) is 0.606. The fraction of sp³-hybridized carbons (Fsp3) is 0.581. The van der Waals surface area contributed by atoms with Crippen molar-refractivity contribution in [2.24, 2.45) is 5.41 Å². The predicted octanol–water partition coefficient (Wildman–Crippen LogP) is 3.33. The molecule has 1 N–H and O–H groups in total. The fourth-order valence-corrected chi connectivity index (χ4v) is 6.59. The molecule has 1 amide bonds. The molecule has 2 aromatic carbocycles. The van der Waals surface area contributed by atoms with E-state index in [9.17, 15) is 9.90 Å². The van der Waals surface area contributed by atoms with Gasteiger partial charge in [-0.2, -0.15) is 0 Å². The number of carbonyl (C=O) groups is 1. The zero-order valence-corrected chi connectivity index (χ0v) is 22.8. The number of carbonyl (C=O) groups excluding carboxylic acids is 1. The summed E-state index contributed by atoms with van der Waals surface area (Å²) >= 11 is 0. The summed E-state index contributed by atoms with van der Waals surface area (Å²) in [7, 11) is 0. The molecule has 0 bridgehead atoms. The van der Waals surface area contributed by atoms with Gasteiger partial charge in [0.15, 0.2) is 0 Å². The molecule has 0 unspecified atom stereocenters. The third-order valence-electron chi connectivity index (χ3n) is 8.67. The summed E-state index contributed by atoms with van der Waals surface area (Å²) in [5.41, 5.74) is 4.41. The number of hydrogen-bond donors (Lipinski definition) is 1. The van der Waals surface area contributed by atoms with Crippen LogP contribution in [0.25, 0.3) is 0 Å². The zero-order valence-electron chi connectivity index (χ0n) is 22.8. The number of benzene rings is 2. The number of aliphatic hydroxyl groups excluding tert-OH is 1. The van der Waals surface area contributed by atoms with E-state index in [0.717, 1.165) is 52.4 Å². The Morgan fingerprint density at radius 2 is 1.84 bits per heavy atom. The first-order valence-electron chi connectivity index (χ1n) is 14.2. The third-order valence-corrected chi connectivity index (χ3v) is 8.67. The van der Waals surface area contributed by atoms with Crippen molar-refractivity contribution in [2.75, 3.05) is 52.5 Å². The molecule has 7 nitrogen and oxygen atoms in total. The van der Waals surface area contributed by atoms with Crippen molar-refractivity contribution >= 4 is 5.91 Å². The van der Waals surface area contributed by atoms with Gasteiger partial charge in [0, 0.05) is 44.7 Å². The van der Waals surface area contributed by atoms with Crippen LogP contribution in [-0.4, -0.2) is 89.9 Å². The summed E-state index contributed by atoms with van der Waals surface area (Å²) in [6.45, 7) is 12.3. The Kier molecular flexibility index (Phi) is 6.97. The smallest absolute Gasteiger partial charge is 0.257 e. The number of aliphatic hydroxyl groups is 1. The van der Waals surface area contributed by atoms with Crippen molar-refractivity contribution in [1.29, 1.82) is 0 Å². The van der Waals surface area contributed by atoms with Crippen molar-refractivity contribution in [2.45, 2.75) is 57.9 Å². The van der Waals surface area contributed by atoms with Crippen LogP contribution in [-0.2, 0) is 24.2 Å². The van der Waals surface area contributed by atoms with Crippen molar-refractivity contribution in [3.05, 3.63) is 64.7 Å². The van der Waals surface area contributed by atoms with Gasteiger partial charge < -0.3 is 19.5 Å². The molecule has 2 aromatic rings. The van der Waals surface area contributed by atoms with Gasteiger partial charge in [-0.05, 0) is 68.5 Å². The molecule has 4 aliphatic rings. The van der Waals surface area contributed by atoms with Gasteiger partial charge in [0.05, 0.1) is 31.4 Å². The van der Waals surface area contributed by atoms with Crippen LogP contribution in [0.5, 0.6) is 5.75 Å². The molecule has 4 heterocycles. The van der Waals surface area contributed by atoms with Crippen LogP contribution in [0.4, 0.5) is 0 Å². The number of amides is 1. The maximum atomic E-state index is 13.6. The molecule has 0 aromatic heterocycles. The van der Waals surface area contributed by atoms with Crippen LogP contribution in [0, 0.1) is 5.41 Å². The van der Waals surface area contributed by atoms with Gasteiger partial charge in [-0.3, -0.25) is 14.6 Å². The summed E-state index contributed by atoms with van der Waals surface area (Å²) in [5, 5.41) is 10.9. The molecule has 1 atom stereocenters. The topological polar surface area (TPSA) is 65.5 Å². The Bertz CT molecular complexity index is 1180. The molecule has 2 fully saturated rings. The molecule has 204 valence electrons. The molecule has 38 heavy (non-hydrogen) atoms. The maximum absolute atomic E-state index is 13.6. The Hall–Kier alpha value is -2.45. The normalized spacial score (nSPS) is 23.3. The minimum atomic E-state index is -0.512. The van der Waals surface area contributed by atoms with E-state index in [1.54, 1.807) is 0 Å². The lowest BCUT2D eigenvalue weighted by atomic mass is 9.85. The standard InChI is InChI=1S/C31H41N3O4/c1-30(2)19-34(13-10-26(35)18-32-12-9-24-5-3-4-6-25(24)17-32)29(36)27-8-7-23(15-28(27)38-30)16-33-14-11-31(20-33)21-37-22-31/h3-8,15,26,35H,9-14,16-22H2,1-2H3/t26-/m0/s1. The lowest BCUT2D eigenvalue weighted by molar-refractivity contribution is -0.105. The Morgan fingerprint density at radius 3 is 2.61 bits per heavy atom. The highest BCUT2D eigenvalue weighted by Crippen LogP contribution is 2.38. The molecule has 6 rings (SSSR count). The van der Waals surface area contributed by atoms with Crippen molar-refractivity contribution in [3.63, 3.8) is 0 Å². The first kappa shape index (κ1) is 25.8. The Morgan fingerprint density at radius 1 is 1.03 bits per heavy atom. The molecular formula is C31H41N3O4. The van der Waals surface area contributed by atoms with Gasteiger partial charge in [0.25, 0.3) is 5.91 Å². The predicted molar refractivity (Wildman–Crippen MR) is 146 cm³/mol. The maximum Gasteiger partial charge on any atom is 0.257 e. The molecular weight excluding hydrogens is 478 g/mol. The van der Waals surface area contributed by atoms with Crippen LogP contribution < -0.4 is 4.74 Å². The van der Waals surface area contributed by atoms with E-state index in [-0.39, 0.29) is 5.91 Å². The summed E-state index contributed by atoms with van der Waals surface area (Å²) in [5.74, 6) is 0.663. The Balaban J connectivity index is 1.07. The average molecular weight is 520 g/mol. The molecule has 0 radical (unpaired) electrons.